The summed E-state index contributed by atoms with van der Waals surface area (Å²) in [4.78, 5) is 12.2. The van der Waals surface area contributed by atoms with E-state index in [0.717, 1.165) is 5.69 Å². The number of nitrogens with zero attached hydrogens (tertiary/aromatic N) is 2. The first-order valence-corrected chi connectivity index (χ1v) is 6.04. The molecule has 0 aliphatic carbocycles. The monoisotopic (exact) mass is 281 g/mol. The number of carbonyl (C=O) groups is 1. The molecular weight excluding hydrogens is 269 g/mol. The van der Waals surface area contributed by atoms with Crippen LogP contribution in [0.3, 0.4) is 0 Å². The van der Waals surface area contributed by atoms with Gasteiger partial charge in [0.2, 0.25) is 0 Å². The van der Waals surface area contributed by atoms with Crippen LogP contribution in [0, 0.1) is 19.7 Å². The topological polar surface area (TPSA) is 46.9 Å². The molecule has 0 saturated heterocycles. The quantitative estimate of drug-likeness (QED) is 0.919. The van der Waals surface area contributed by atoms with E-state index < -0.39 is 5.82 Å². The summed E-state index contributed by atoms with van der Waals surface area (Å²) in [6.07, 6.45) is 0. The second-order valence-electron chi connectivity index (χ2n) is 4.25. The molecule has 1 aromatic heterocycles. The van der Waals surface area contributed by atoms with Crippen LogP contribution >= 0.6 is 11.6 Å². The zero-order valence-electron chi connectivity index (χ0n) is 10.8. The molecule has 0 aliphatic rings. The molecule has 0 bridgehead atoms. The number of halogens is 2. The normalized spacial score (nSPS) is 10.6. The molecule has 0 radical (unpaired) electrons. The fourth-order valence-corrected chi connectivity index (χ4v) is 2.05. The Hall–Kier alpha value is -1.88. The van der Waals surface area contributed by atoms with E-state index in [0.29, 0.717) is 16.9 Å². The summed E-state index contributed by atoms with van der Waals surface area (Å²) in [7, 11) is 1.77. The molecule has 100 valence electrons. The fourth-order valence-electron chi connectivity index (χ4n) is 1.87. The number of aryl methyl sites for hydroxylation is 2. The number of benzene rings is 1. The number of carbonyl (C=O) groups excluding carboxylic acids is 1. The number of amides is 1. The van der Waals surface area contributed by atoms with E-state index in [1.807, 2.05) is 6.92 Å². The Labute approximate surface area is 115 Å². The van der Waals surface area contributed by atoms with Crippen molar-refractivity contribution in [3.05, 3.63) is 46.0 Å². The van der Waals surface area contributed by atoms with Gasteiger partial charge in [0, 0.05) is 18.4 Å². The van der Waals surface area contributed by atoms with Gasteiger partial charge in [0.05, 0.1) is 16.3 Å². The van der Waals surface area contributed by atoms with Crippen LogP contribution in [-0.4, -0.2) is 15.7 Å². The minimum Gasteiger partial charge on any atom is -0.322 e. The standard InChI is InChI=1S/C13H13ClFN3O/c1-7-12(8(2)18(3)17-7)13(19)16-9-4-5-11(15)10(14)6-9/h4-6H,1-3H3,(H,16,19). The average Bonchev–Trinajstić information content (AvgIpc) is 2.58. The summed E-state index contributed by atoms with van der Waals surface area (Å²) in [6, 6.07) is 4.04. The average molecular weight is 282 g/mol. The van der Waals surface area contributed by atoms with Crippen molar-refractivity contribution in [1.82, 2.24) is 9.78 Å². The first-order valence-electron chi connectivity index (χ1n) is 5.66. The number of nitrogens with one attached hydrogen (secondary N) is 1. The van der Waals surface area contributed by atoms with Crippen molar-refractivity contribution in [3.63, 3.8) is 0 Å². The zero-order chi connectivity index (χ0) is 14.2. The maximum atomic E-state index is 13.0. The van der Waals surface area contributed by atoms with E-state index >= 15 is 0 Å². The molecule has 0 atom stereocenters. The molecule has 0 unspecified atom stereocenters. The highest BCUT2D eigenvalue weighted by atomic mass is 35.5. The Bertz CT molecular complexity index is 652. The zero-order valence-corrected chi connectivity index (χ0v) is 11.5. The molecule has 2 aromatic rings. The number of rotatable bonds is 2. The van der Waals surface area contributed by atoms with Gasteiger partial charge < -0.3 is 5.32 Å². The second kappa shape index (κ2) is 5.01. The van der Waals surface area contributed by atoms with Crippen molar-refractivity contribution in [2.75, 3.05) is 5.32 Å². The molecule has 0 saturated carbocycles. The van der Waals surface area contributed by atoms with E-state index in [1.165, 1.54) is 18.2 Å². The van der Waals surface area contributed by atoms with Gasteiger partial charge >= 0.3 is 0 Å². The van der Waals surface area contributed by atoms with Crippen LogP contribution in [0.15, 0.2) is 18.2 Å². The Morgan fingerprint density at radius 1 is 1.42 bits per heavy atom. The van der Waals surface area contributed by atoms with Crippen molar-refractivity contribution in [2.24, 2.45) is 7.05 Å². The third kappa shape index (κ3) is 2.61. The van der Waals surface area contributed by atoms with Gasteiger partial charge in [-0.1, -0.05) is 11.6 Å². The van der Waals surface area contributed by atoms with E-state index in [9.17, 15) is 9.18 Å². The lowest BCUT2D eigenvalue weighted by Gasteiger charge is -2.06. The SMILES string of the molecule is Cc1nn(C)c(C)c1C(=O)Nc1ccc(F)c(Cl)c1. The Kier molecular flexibility index (Phi) is 3.57. The number of hydrogen-bond acceptors (Lipinski definition) is 2. The minimum absolute atomic E-state index is 0.0302. The summed E-state index contributed by atoms with van der Waals surface area (Å²) in [5, 5.41) is 6.82. The number of hydrogen-bond donors (Lipinski definition) is 1. The first-order chi connectivity index (χ1) is 8.90. The molecule has 1 aromatic carbocycles. The highest BCUT2D eigenvalue weighted by Crippen LogP contribution is 2.21. The Morgan fingerprint density at radius 2 is 2.11 bits per heavy atom. The van der Waals surface area contributed by atoms with Crippen LogP contribution in [0.2, 0.25) is 5.02 Å². The van der Waals surface area contributed by atoms with Crippen molar-refractivity contribution in [1.29, 1.82) is 0 Å². The van der Waals surface area contributed by atoms with Crippen LogP contribution in [0.5, 0.6) is 0 Å². The van der Waals surface area contributed by atoms with E-state index in [4.69, 9.17) is 11.6 Å². The smallest absolute Gasteiger partial charge is 0.259 e. The largest absolute Gasteiger partial charge is 0.322 e. The highest BCUT2D eigenvalue weighted by molar-refractivity contribution is 6.31. The summed E-state index contributed by atoms with van der Waals surface area (Å²) in [5.41, 5.74) is 2.37. The Balaban J connectivity index is 2.28. The lowest BCUT2D eigenvalue weighted by atomic mass is 10.2. The number of aromatic nitrogens is 2. The van der Waals surface area contributed by atoms with Crippen molar-refractivity contribution in [2.45, 2.75) is 13.8 Å². The van der Waals surface area contributed by atoms with Gasteiger partial charge in [0.15, 0.2) is 0 Å². The molecule has 19 heavy (non-hydrogen) atoms. The van der Waals surface area contributed by atoms with Gasteiger partial charge in [-0.2, -0.15) is 5.10 Å². The highest BCUT2D eigenvalue weighted by Gasteiger charge is 2.17. The van der Waals surface area contributed by atoms with Gasteiger partial charge in [-0.05, 0) is 32.0 Å². The molecule has 1 heterocycles. The summed E-state index contributed by atoms with van der Waals surface area (Å²) >= 11 is 5.67. The molecule has 6 heteroatoms. The van der Waals surface area contributed by atoms with Gasteiger partial charge in [-0.3, -0.25) is 9.48 Å². The van der Waals surface area contributed by atoms with Crippen molar-refractivity contribution in [3.8, 4) is 0 Å². The number of anilines is 1. The summed E-state index contributed by atoms with van der Waals surface area (Å²) in [6.45, 7) is 3.58. The van der Waals surface area contributed by atoms with Crippen LogP contribution in [0.25, 0.3) is 0 Å². The molecule has 0 spiro atoms. The van der Waals surface area contributed by atoms with Gasteiger partial charge in [0.1, 0.15) is 5.82 Å². The maximum Gasteiger partial charge on any atom is 0.259 e. The molecule has 1 N–H and O–H groups in total. The molecule has 0 fully saturated rings. The second-order valence-corrected chi connectivity index (χ2v) is 4.66. The summed E-state index contributed by atoms with van der Waals surface area (Å²) in [5.74, 6) is -0.806. The predicted molar refractivity (Wildman–Crippen MR) is 72.0 cm³/mol. The van der Waals surface area contributed by atoms with Gasteiger partial charge in [-0.25, -0.2) is 4.39 Å². The van der Waals surface area contributed by atoms with Crippen LogP contribution in [0.1, 0.15) is 21.7 Å². The molecule has 4 nitrogen and oxygen atoms in total. The lowest BCUT2D eigenvalue weighted by Crippen LogP contribution is -2.14. The maximum absolute atomic E-state index is 13.0. The van der Waals surface area contributed by atoms with Gasteiger partial charge in [-0.15, -0.1) is 0 Å². The van der Waals surface area contributed by atoms with Gasteiger partial charge in [0.25, 0.3) is 5.91 Å². The van der Waals surface area contributed by atoms with E-state index in [1.54, 1.807) is 18.7 Å². The third-order valence-corrected chi connectivity index (χ3v) is 3.20. The third-order valence-electron chi connectivity index (χ3n) is 2.91. The predicted octanol–water partition coefficient (Wildman–Crippen LogP) is 3.08. The molecule has 1 amide bonds. The van der Waals surface area contributed by atoms with Crippen molar-refractivity contribution < 1.29 is 9.18 Å². The fraction of sp³-hybridized carbons (Fsp3) is 0.231. The molecular formula is C13H13ClFN3O. The van der Waals surface area contributed by atoms with Crippen LogP contribution in [-0.2, 0) is 7.05 Å². The minimum atomic E-state index is -0.520. The van der Waals surface area contributed by atoms with Crippen molar-refractivity contribution >= 4 is 23.2 Å². The van der Waals surface area contributed by atoms with E-state index in [-0.39, 0.29) is 10.9 Å². The molecule has 0 aliphatic heterocycles. The molecule has 2 rings (SSSR count). The van der Waals surface area contributed by atoms with Crippen LogP contribution < -0.4 is 5.32 Å². The summed E-state index contributed by atoms with van der Waals surface area (Å²) < 4.78 is 14.7. The Morgan fingerprint density at radius 3 is 2.63 bits per heavy atom. The first kappa shape index (κ1) is 13.5. The van der Waals surface area contributed by atoms with E-state index in [2.05, 4.69) is 10.4 Å². The van der Waals surface area contributed by atoms with Crippen LogP contribution in [0.4, 0.5) is 10.1 Å². The lowest BCUT2D eigenvalue weighted by molar-refractivity contribution is 0.102.